The van der Waals surface area contributed by atoms with Gasteiger partial charge >= 0.3 is 0 Å². The lowest BCUT2D eigenvalue weighted by Gasteiger charge is -2.09. The van der Waals surface area contributed by atoms with Crippen LogP contribution in [0.1, 0.15) is 5.69 Å². The van der Waals surface area contributed by atoms with E-state index in [1.54, 1.807) is 6.21 Å². The van der Waals surface area contributed by atoms with Crippen molar-refractivity contribution in [2.24, 2.45) is 5.10 Å². The van der Waals surface area contributed by atoms with Crippen molar-refractivity contribution in [3.8, 4) is 11.3 Å². The van der Waals surface area contributed by atoms with Crippen molar-refractivity contribution in [2.75, 3.05) is 5.43 Å². The summed E-state index contributed by atoms with van der Waals surface area (Å²) in [7, 11) is 0. The molecule has 140 valence electrons. The number of aromatic amines is 1. The van der Waals surface area contributed by atoms with Gasteiger partial charge in [0.15, 0.2) is 0 Å². The Morgan fingerprint density at radius 3 is 2.59 bits per heavy atom. The number of nitrogens with zero attached hydrogens (tertiary/aromatic N) is 3. The summed E-state index contributed by atoms with van der Waals surface area (Å²) in [6.07, 6.45) is 1.72. The van der Waals surface area contributed by atoms with Crippen LogP contribution in [-0.2, 0) is 0 Å². The fraction of sp³-hybridized carbons (Fsp3) is 0. The summed E-state index contributed by atoms with van der Waals surface area (Å²) < 4.78 is 0. The fourth-order valence-corrected chi connectivity index (χ4v) is 3.46. The van der Waals surface area contributed by atoms with Gasteiger partial charge in [-0.15, -0.1) is 0 Å². The molecule has 0 aliphatic rings. The highest BCUT2D eigenvalue weighted by atomic mass is 35.5. The van der Waals surface area contributed by atoms with E-state index in [9.17, 15) is 0 Å². The van der Waals surface area contributed by atoms with E-state index in [4.69, 9.17) is 11.6 Å². The lowest BCUT2D eigenvalue weighted by atomic mass is 10.1. The second-order valence-electron chi connectivity index (χ2n) is 6.61. The number of fused-ring (bicyclic) bond motifs is 2. The van der Waals surface area contributed by atoms with E-state index in [2.05, 4.69) is 31.5 Å². The molecule has 0 saturated carbocycles. The molecule has 0 fully saturated rings. The molecule has 2 N–H and O–H groups in total. The lowest BCUT2D eigenvalue weighted by Crippen LogP contribution is -2.00. The normalized spacial score (nSPS) is 11.5. The van der Waals surface area contributed by atoms with Gasteiger partial charge in [0.05, 0.1) is 23.1 Å². The number of hydrogen-bond acceptors (Lipinski definition) is 4. The summed E-state index contributed by atoms with van der Waals surface area (Å²) >= 11 is 6.20. The van der Waals surface area contributed by atoms with Crippen molar-refractivity contribution in [2.45, 2.75) is 0 Å². The van der Waals surface area contributed by atoms with Gasteiger partial charge in [-0.3, -0.25) is 0 Å². The monoisotopic (exact) mass is 397 g/mol. The van der Waals surface area contributed by atoms with Crippen molar-refractivity contribution in [3.05, 3.63) is 89.6 Å². The number of hydrazone groups is 1. The number of hydrogen-bond donors (Lipinski definition) is 2. The fourth-order valence-electron chi connectivity index (χ4n) is 3.29. The SMILES string of the molecule is Clc1ccc2nc(NN=Cc3cc4ccccc4[nH]3)nc(-c3ccccc3)c2c1. The van der Waals surface area contributed by atoms with E-state index in [0.29, 0.717) is 11.0 Å². The van der Waals surface area contributed by atoms with Crippen molar-refractivity contribution in [1.82, 2.24) is 15.0 Å². The molecular formula is C23H16ClN5. The first kappa shape index (κ1) is 17.4. The molecule has 2 aromatic heterocycles. The predicted molar refractivity (Wildman–Crippen MR) is 119 cm³/mol. The molecular weight excluding hydrogens is 382 g/mol. The lowest BCUT2D eigenvalue weighted by molar-refractivity contribution is 1.15. The van der Waals surface area contributed by atoms with Crippen LogP contribution in [0.5, 0.6) is 0 Å². The molecule has 0 saturated heterocycles. The summed E-state index contributed by atoms with van der Waals surface area (Å²) in [6, 6.07) is 25.7. The number of rotatable bonds is 4. The Balaban J connectivity index is 1.50. The van der Waals surface area contributed by atoms with Crippen LogP contribution in [0.15, 0.2) is 84.0 Å². The van der Waals surface area contributed by atoms with Gasteiger partial charge in [0.25, 0.3) is 0 Å². The van der Waals surface area contributed by atoms with Crippen LogP contribution in [0.25, 0.3) is 33.1 Å². The highest BCUT2D eigenvalue weighted by molar-refractivity contribution is 6.31. The topological polar surface area (TPSA) is 66.0 Å². The smallest absolute Gasteiger partial charge is 0.244 e. The molecule has 0 amide bonds. The molecule has 0 bridgehead atoms. The van der Waals surface area contributed by atoms with Gasteiger partial charge in [0.2, 0.25) is 5.95 Å². The van der Waals surface area contributed by atoms with Crippen LogP contribution in [0.2, 0.25) is 5.02 Å². The highest BCUT2D eigenvalue weighted by Crippen LogP contribution is 2.29. The Morgan fingerprint density at radius 2 is 1.72 bits per heavy atom. The Morgan fingerprint density at radius 1 is 0.897 bits per heavy atom. The summed E-state index contributed by atoms with van der Waals surface area (Å²) in [5.41, 5.74) is 7.51. The minimum Gasteiger partial charge on any atom is -0.354 e. The molecule has 0 unspecified atom stereocenters. The third kappa shape index (κ3) is 3.56. The molecule has 6 heteroatoms. The Kier molecular flexibility index (Phi) is 4.42. The molecule has 0 aliphatic heterocycles. The third-order valence-corrected chi connectivity index (χ3v) is 4.86. The first-order valence-electron chi connectivity index (χ1n) is 9.16. The van der Waals surface area contributed by atoms with Gasteiger partial charge in [-0.05, 0) is 30.3 Å². The molecule has 2 heterocycles. The molecule has 0 radical (unpaired) electrons. The van der Waals surface area contributed by atoms with Crippen LogP contribution in [0.4, 0.5) is 5.95 Å². The maximum Gasteiger partial charge on any atom is 0.244 e. The number of halogens is 1. The van der Waals surface area contributed by atoms with Gasteiger partial charge < -0.3 is 4.98 Å². The number of nitrogens with one attached hydrogen (secondary N) is 2. The third-order valence-electron chi connectivity index (χ3n) is 4.62. The van der Waals surface area contributed by atoms with E-state index in [1.807, 2.05) is 72.8 Å². The van der Waals surface area contributed by atoms with Crippen LogP contribution in [0, 0.1) is 0 Å². The first-order chi connectivity index (χ1) is 14.3. The van der Waals surface area contributed by atoms with Gasteiger partial charge in [0.1, 0.15) is 0 Å². The molecule has 5 aromatic rings. The molecule has 5 nitrogen and oxygen atoms in total. The van der Waals surface area contributed by atoms with Crippen LogP contribution in [-0.4, -0.2) is 21.2 Å². The molecule has 29 heavy (non-hydrogen) atoms. The van der Waals surface area contributed by atoms with Crippen LogP contribution >= 0.6 is 11.6 Å². The minimum atomic E-state index is 0.422. The van der Waals surface area contributed by atoms with Gasteiger partial charge in [0, 0.05) is 26.9 Å². The number of para-hydroxylation sites is 1. The van der Waals surface area contributed by atoms with Crippen LogP contribution < -0.4 is 5.43 Å². The van der Waals surface area contributed by atoms with E-state index in [1.165, 1.54) is 0 Å². The second kappa shape index (κ2) is 7.37. The van der Waals surface area contributed by atoms with Crippen molar-refractivity contribution in [1.29, 1.82) is 0 Å². The average molecular weight is 398 g/mol. The predicted octanol–water partition coefficient (Wildman–Crippen LogP) is 5.88. The van der Waals surface area contributed by atoms with Gasteiger partial charge in [-0.25, -0.2) is 15.4 Å². The van der Waals surface area contributed by atoms with Crippen molar-refractivity contribution < 1.29 is 0 Å². The first-order valence-corrected chi connectivity index (χ1v) is 9.54. The largest absolute Gasteiger partial charge is 0.354 e. The zero-order valence-electron chi connectivity index (χ0n) is 15.3. The quantitative estimate of drug-likeness (QED) is 0.294. The summed E-state index contributed by atoms with van der Waals surface area (Å²) in [5.74, 6) is 0.422. The summed E-state index contributed by atoms with van der Waals surface area (Å²) in [5, 5.41) is 6.99. The second-order valence-corrected chi connectivity index (χ2v) is 7.04. The number of H-pyrrole nitrogens is 1. The molecule has 0 atom stereocenters. The Labute approximate surface area is 172 Å². The highest BCUT2D eigenvalue weighted by Gasteiger charge is 2.10. The van der Waals surface area contributed by atoms with E-state index in [0.717, 1.165) is 38.8 Å². The number of aromatic nitrogens is 3. The molecule has 5 rings (SSSR count). The standard InChI is InChI=1S/C23H16ClN5/c24-17-10-11-21-19(13-17)22(15-6-2-1-3-7-15)28-23(27-21)29-25-14-18-12-16-8-4-5-9-20(16)26-18/h1-14,26H,(H,27,28,29). The maximum atomic E-state index is 6.20. The van der Waals surface area contributed by atoms with E-state index < -0.39 is 0 Å². The van der Waals surface area contributed by atoms with Gasteiger partial charge in [-0.2, -0.15) is 5.10 Å². The van der Waals surface area contributed by atoms with Crippen molar-refractivity contribution in [3.63, 3.8) is 0 Å². The Bertz CT molecular complexity index is 1310. The zero-order valence-corrected chi connectivity index (χ0v) is 16.1. The number of anilines is 1. The molecule has 0 spiro atoms. The van der Waals surface area contributed by atoms with E-state index in [-0.39, 0.29) is 0 Å². The van der Waals surface area contributed by atoms with Crippen molar-refractivity contribution >= 4 is 45.6 Å². The summed E-state index contributed by atoms with van der Waals surface area (Å²) in [6.45, 7) is 0. The maximum absolute atomic E-state index is 6.20. The Hall–Kier alpha value is -3.70. The minimum absolute atomic E-state index is 0.422. The van der Waals surface area contributed by atoms with E-state index >= 15 is 0 Å². The van der Waals surface area contributed by atoms with Crippen LogP contribution in [0.3, 0.4) is 0 Å². The van der Waals surface area contributed by atoms with Gasteiger partial charge in [-0.1, -0.05) is 60.1 Å². The molecule has 0 aliphatic carbocycles. The zero-order chi connectivity index (χ0) is 19.6. The summed E-state index contributed by atoms with van der Waals surface area (Å²) in [4.78, 5) is 12.6. The molecule has 3 aromatic carbocycles. The average Bonchev–Trinajstić information content (AvgIpc) is 3.17. The number of benzene rings is 3.